The average molecular weight is 222 g/mol. The van der Waals surface area contributed by atoms with Crippen LogP contribution in [-0.4, -0.2) is 16.2 Å². The number of hydrogen-bond acceptors (Lipinski definition) is 4. The van der Waals surface area contributed by atoms with Crippen molar-refractivity contribution in [1.29, 1.82) is 0 Å². The van der Waals surface area contributed by atoms with E-state index in [1.54, 1.807) is 0 Å². The third-order valence-electron chi connectivity index (χ3n) is 1.92. The maximum atomic E-state index is 11.5. The van der Waals surface area contributed by atoms with Crippen LogP contribution in [-0.2, 0) is 0 Å². The van der Waals surface area contributed by atoms with Gasteiger partial charge in [-0.05, 0) is 18.2 Å². The van der Waals surface area contributed by atoms with E-state index < -0.39 is 11.4 Å². The minimum absolute atomic E-state index is 0.00168. The van der Waals surface area contributed by atoms with Crippen LogP contribution in [0.25, 0.3) is 10.1 Å². The van der Waals surface area contributed by atoms with Crippen LogP contribution < -0.4 is 5.43 Å². The molecule has 0 fully saturated rings. The third-order valence-corrected chi connectivity index (χ3v) is 3.01. The van der Waals surface area contributed by atoms with Gasteiger partial charge in [0.25, 0.3) is 0 Å². The summed E-state index contributed by atoms with van der Waals surface area (Å²) in [6.07, 6.45) is 0. The lowest BCUT2D eigenvalue weighted by atomic mass is 10.2. The van der Waals surface area contributed by atoms with Crippen molar-refractivity contribution < 1.29 is 15.0 Å². The van der Waals surface area contributed by atoms with Gasteiger partial charge >= 0.3 is 5.97 Å². The molecule has 76 valence electrons. The molecule has 0 aliphatic carbocycles. The maximum Gasteiger partial charge on any atom is 0.346 e. The SMILES string of the molecule is O=C(O)c1cc(=O)c2cc(O)ccc2s1. The molecule has 4 nitrogen and oxygen atoms in total. The number of phenolic OH excluding ortho intramolecular Hbond substituents is 1. The summed E-state index contributed by atoms with van der Waals surface area (Å²) in [6, 6.07) is 5.35. The fourth-order valence-electron chi connectivity index (χ4n) is 1.25. The van der Waals surface area contributed by atoms with E-state index in [4.69, 9.17) is 5.11 Å². The first-order chi connectivity index (χ1) is 7.08. The topological polar surface area (TPSA) is 74.6 Å². The zero-order valence-corrected chi connectivity index (χ0v) is 8.25. The molecule has 2 aromatic rings. The summed E-state index contributed by atoms with van der Waals surface area (Å²) in [5.41, 5.74) is -0.392. The summed E-state index contributed by atoms with van der Waals surface area (Å²) < 4.78 is 0.553. The number of carbonyl (C=O) groups is 1. The minimum Gasteiger partial charge on any atom is -0.508 e. The van der Waals surface area contributed by atoms with Gasteiger partial charge < -0.3 is 10.2 Å². The van der Waals surface area contributed by atoms with Crippen LogP contribution in [0.15, 0.2) is 29.1 Å². The monoisotopic (exact) mass is 222 g/mol. The van der Waals surface area contributed by atoms with Gasteiger partial charge in [0.2, 0.25) is 0 Å². The predicted molar refractivity (Wildman–Crippen MR) is 56.7 cm³/mol. The molecule has 0 spiro atoms. The van der Waals surface area contributed by atoms with Crippen molar-refractivity contribution in [3.8, 4) is 5.75 Å². The van der Waals surface area contributed by atoms with E-state index in [9.17, 15) is 14.7 Å². The van der Waals surface area contributed by atoms with E-state index in [-0.39, 0.29) is 10.6 Å². The Labute approximate surface area is 88.0 Å². The molecule has 0 saturated carbocycles. The molecule has 0 saturated heterocycles. The lowest BCUT2D eigenvalue weighted by Gasteiger charge is -1.98. The highest BCUT2D eigenvalue weighted by molar-refractivity contribution is 7.20. The lowest BCUT2D eigenvalue weighted by Crippen LogP contribution is -2.04. The average Bonchev–Trinajstić information content (AvgIpc) is 2.18. The Morgan fingerprint density at radius 1 is 1.27 bits per heavy atom. The van der Waals surface area contributed by atoms with E-state index in [0.29, 0.717) is 10.1 Å². The van der Waals surface area contributed by atoms with Gasteiger partial charge in [0.05, 0.1) is 0 Å². The van der Waals surface area contributed by atoms with Gasteiger partial charge in [0.15, 0.2) is 5.43 Å². The number of hydrogen-bond donors (Lipinski definition) is 2. The molecule has 0 bridgehead atoms. The maximum absolute atomic E-state index is 11.5. The Bertz CT molecular complexity index is 600. The summed E-state index contributed by atoms with van der Waals surface area (Å²) in [7, 11) is 0. The number of carboxylic acid groups (broad SMARTS) is 1. The van der Waals surface area contributed by atoms with E-state index >= 15 is 0 Å². The Kier molecular flexibility index (Phi) is 2.17. The van der Waals surface area contributed by atoms with Crippen molar-refractivity contribution in [3.05, 3.63) is 39.4 Å². The first-order valence-corrected chi connectivity index (χ1v) is 4.90. The van der Waals surface area contributed by atoms with Crippen molar-refractivity contribution >= 4 is 27.4 Å². The second kappa shape index (κ2) is 3.36. The molecule has 0 aliphatic rings. The number of fused-ring (bicyclic) bond motifs is 1. The summed E-state index contributed by atoms with van der Waals surface area (Å²) in [5, 5.41) is 18.3. The summed E-state index contributed by atoms with van der Waals surface area (Å²) in [5.74, 6) is -1.12. The standard InChI is InChI=1S/C10H6O4S/c11-5-1-2-8-6(3-5)7(12)4-9(15-8)10(13)14/h1-4,11H,(H,13,14). The fraction of sp³-hybridized carbons (Fsp3) is 0. The molecule has 2 N–H and O–H groups in total. The van der Waals surface area contributed by atoms with Gasteiger partial charge in [-0.25, -0.2) is 4.79 Å². The molecule has 1 heterocycles. The lowest BCUT2D eigenvalue weighted by molar-refractivity contribution is 0.0702. The Hall–Kier alpha value is -1.88. The molecule has 1 aromatic heterocycles. The molecule has 15 heavy (non-hydrogen) atoms. The van der Waals surface area contributed by atoms with Gasteiger partial charge in [-0.3, -0.25) is 4.79 Å². The van der Waals surface area contributed by atoms with Crippen LogP contribution in [0, 0.1) is 0 Å². The molecule has 0 amide bonds. The Morgan fingerprint density at radius 2 is 2.00 bits per heavy atom. The molecule has 0 atom stereocenters. The fourth-order valence-corrected chi connectivity index (χ4v) is 2.15. The quantitative estimate of drug-likeness (QED) is 0.769. The van der Waals surface area contributed by atoms with Gasteiger partial charge in [-0.1, -0.05) is 0 Å². The smallest absolute Gasteiger partial charge is 0.346 e. The van der Waals surface area contributed by atoms with Crippen LogP contribution in [0.5, 0.6) is 5.75 Å². The molecular formula is C10H6O4S. The molecule has 2 rings (SSSR count). The van der Waals surface area contributed by atoms with E-state index in [1.807, 2.05) is 0 Å². The number of aromatic carboxylic acids is 1. The van der Waals surface area contributed by atoms with Crippen LogP contribution in [0.4, 0.5) is 0 Å². The van der Waals surface area contributed by atoms with Crippen LogP contribution >= 0.6 is 11.3 Å². The van der Waals surface area contributed by atoms with Gasteiger partial charge in [-0.15, -0.1) is 11.3 Å². The summed E-state index contributed by atoms with van der Waals surface area (Å²) in [4.78, 5) is 22.2. The summed E-state index contributed by atoms with van der Waals surface area (Å²) >= 11 is 1.01. The van der Waals surface area contributed by atoms with E-state index in [2.05, 4.69) is 0 Å². The number of aromatic hydroxyl groups is 1. The number of phenols is 1. The Morgan fingerprint density at radius 3 is 2.67 bits per heavy atom. The molecule has 0 aliphatic heterocycles. The number of benzene rings is 1. The van der Waals surface area contributed by atoms with Crippen molar-refractivity contribution in [2.75, 3.05) is 0 Å². The Balaban J connectivity index is 2.84. The predicted octanol–water partition coefficient (Wildman–Crippen LogP) is 1.67. The van der Waals surface area contributed by atoms with Gasteiger partial charge in [0, 0.05) is 16.2 Å². The van der Waals surface area contributed by atoms with Crippen molar-refractivity contribution in [1.82, 2.24) is 0 Å². The van der Waals surface area contributed by atoms with Crippen LogP contribution in [0.3, 0.4) is 0 Å². The van der Waals surface area contributed by atoms with Crippen LogP contribution in [0.2, 0.25) is 0 Å². The zero-order chi connectivity index (χ0) is 11.0. The first kappa shape index (κ1) is 9.67. The normalized spacial score (nSPS) is 10.4. The number of rotatable bonds is 1. The minimum atomic E-state index is -1.12. The second-order valence-electron chi connectivity index (χ2n) is 2.96. The molecule has 5 heteroatoms. The highest BCUT2D eigenvalue weighted by atomic mass is 32.1. The molecular weight excluding hydrogens is 216 g/mol. The van der Waals surface area contributed by atoms with Gasteiger partial charge in [0.1, 0.15) is 10.6 Å². The van der Waals surface area contributed by atoms with Gasteiger partial charge in [-0.2, -0.15) is 0 Å². The second-order valence-corrected chi connectivity index (χ2v) is 4.04. The zero-order valence-electron chi connectivity index (χ0n) is 7.43. The largest absolute Gasteiger partial charge is 0.508 e. The molecule has 0 unspecified atom stereocenters. The van der Waals surface area contributed by atoms with Crippen molar-refractivity contribution in [2.45, 2.75) is 0 Å². The first-order valence-electron chi connectivity index (χ1n) is 4.08. The van der Waals surface area contributed by atoms with E-state index in [1.165, 1.54) is 18.2 Å². The number of carboxylic acids is 1. The van der Waals surface area contributed by atoms with Crippen molar-refractivity contribution in [2.24, 2.45) is 0 Å². The van der Waals surface area contributed by atoms with Crippen LogP contribution in [0.1, 0.15) is 9.67 Å². The molecule has 1 aromatic carbocycles. The highest BCUT2D eigenvalue weighted by Gasteiger charge is 2.08. The van der Waals surface area contributed by atoms with Crippen molar-refractivity contribution in [3.63, 3.8) is 0 Å². The van der Waals surface area contributed by atoms with E-state index in [0.717, 1.165) is 17.4 Å². The molecule has 0 radical (unpaired) electrons. The summed E-state index contributed by atoms with van der Waals surface area (Å²) in [6.45, 7) is 0. The highest BCUT2D eigenvalue weighted by Crippen LogP contribution is 2.22. The third kappa shape index (κ3) is 1.69.